The van der Waals surface area contributed by atoms with E-state index in [0.29, 0.717) is 13.0 Å². The molecule has 1 aliphatic rings. The highest BCUT2D eigenvalue weighted by Gasteiger charge is 2.36. The Bertz CT molecular complexity index is 502. The summed E-state index contributed by atoms with van der Waals surface area (Å²) in [7, 11) is 3.43. The van der Waals surface area contributed by atoms with Crippen molar-refractivity contribution in [1.82, 2.24) is 9.80 Å². The first-order valence-corrected chi connectivity index (χ1v) is 7.32. The van der Waals surface area contributed by atoms with Crippen LogP contribution in [0.25, 0.3) is 0 Å². The van der Waals surface area contributed by atoms with Crippen LogP contribution in [0.15, 0.2) is 30.3 Å². The highest BCUT2D eigenvalue weighted by Crippen LogP contribution is 2.20. The largest absolute Gasteiger partial charge is 0.347 e. The maximum Gasteiger partial charge on any atom is 0.244 e. The number of rotatable bonds is 4. The number of nitrogens with zero attached hydrogens (tertiary/aromatic N) is 2. The number of amides is 2. The molecule has 0 bridgehead atoms. The molecular formula is C16H23N3O2. The van der Waals surface area contributed by atoms with Crippen molar-refractivity contribution in [3.05, 3.63) is 35.9 Å². The van der Waals surface area contributed by atoms with Gasteiger partial charge in [0.25, 0.3) is 0 Å². The van der Waals surface area contributed by atoms with Crippen molar-refractivity contribution >= 4 is 11.8 Å². The normalized spacial score (nSPS) is 19.4. The van der Waals surface area contributed by atoms with Crippen LogP contribution < -0.4 is 5.73 Å². The van der Waals surface area contributed by atoms with E-state index in [-0.39, 0.29) is 17.9 Å². The third-order valence-electron chi connectivity index (χ3n) is 3.88. The highest BCUT2D eigenvalue weighted by atomic mass is 16.2. The maximum absolute atomic E-state index is 12.5. The van der Waals surface area contributed by atoms with E-state index in [1.807, 2.05) is 30.3 Å². The molecule has 0 spiro atoms. The number of benzene rings is 1. The number of hydrogen-bond acceptors (Lipinski definition) is 3. The number of hydrogen-bond donors (Lipinski definition) is 1. The minimum Gasteiger partial charge on any atom is -0.347 e. The monoisotopic (exact) mass is 289 g/mol. The van der Waals surface area contributed by atoms with Crippen molar-refractivity contribution < 1.29 is 9.59 Å². The molecule has 0 aliphatic carbocycles. The van der Waals surface area contributed by atoms with Crippen LogP contribution in [0.4, 0.5) is 0 Å². The third-order valence-corrected chi connectivity index (χ3v) is 3.88. The van der Waals surface area contributed by atoms with Crippen LogP contribution in [0.1, 0.15) is 18.4 Å². The van der Waals surface area contributed by atoms with Gasteiger partial charge in [-0.15, -0.1) is 0 Å². The predicted octanol–water partition coefficient (Wildman–Crippen LogP) is 0.636. The van der Waals surface area contributed by atoms with Crippen LogP contribution in [0.3, 0.4) is 0 Å². The first-order valence-electron chi connectivity index (χ1n) is 7.32. The molecule has 2 amide bonds. The van der Waals surface area contributed by atoms with E-state index >= 15 is 0 Å². The molecule has 5 nitrogen and oxygen atoms in total. The zero-order valence-electron chi connectivity index (χ0n) is 12.7. The van der Waals surface area contributed by atoms with Gasteiger partial charge in [0.1, 0.15) is 6.04 Å². The molecule has 1 aliphatic heterocycles. The van der Waals surface area contributed by atoms with E-state index in [0.717, 1.165) is 18.4 Å². The molecule has 1 aromatic carbocycles. The summed E-state index contributed by atoms with van der Waals surface area (Å²) in [4.78, 5) is 27.8. The molecule has 1 fully saturated rings. The zero-order chi connectivity index (χ0) is 15.4. The van der Waals surface area contributed by atoms with Gasteiger partial charge in [0, 0.05) is 20.6 Å². The summed E-state index contributed by atoms with van der Waals surface area (Å²) in [5.41, 5.74) is 7.09. The quantitative estimate of drug-likeness (QED) is 0.884. The Labute approximate surface area is 125 Å². The van der Waals surface area contributed by atoms with E-state index in [1.165, 1.54) is 0 Å². The first kappa shape index (κ1) is 15.5. The summed E-state index contributed by atoms with van der Waals surface area (Å²) >= 11 is 0. The van der Waals surface area contributed by atoms with E-state index < -0.39 is 6.04 Å². The Morgan fingerprint density at radius 3 is 2.62 bits per heavy atom. The minimum absolute atomic E-state index is 0.0206. The molecule has 0 aromatic heterocycles. The van der Waals surface area contributed by atoms with Crippen molar-refractivity contribution in [3.8, 4) is 0 Å². The summed E-state index contributed by atoms with van der Waals surface area (Å²) in [6.45, 7) is 0.617. The second-order valence-corrected chi connectivity index (χ2v) is 5.72. The lowest BCUT2D eigenvalue weighted by molar-refractivity contribution is -0.143. The van der Waals surface area contributed by atoms with Crippen LogP contribution in [-0.4, -0.2) is 54.3 Å². The van der Waals surface area contributed by atoms with Crippen LogP contribution in [0, 0.1) is 0 Å². The molecule has 2 unspecified atom stereocenters. The molecule has 1 heterocycles. The van der Waals surface area contributed by atoms with Gasteiger partial charge in [-0.05, 0) is 24.8 Å². The average Bonchev–Trinajstić information content (AvgIpc) is 2.95. The fraction of sp³-hybridized carbons (Fsp3) is 0.500. The topological polar surface area (TPSA) is 66.6 Å². The summed E-state index contributed by atoms with van der Waals surface area (Å²) in [6.07, 6.45) is 2.08. The van der Waals surface area contributed by atoms with E-state index in [2.05, 4.69) is 0 Å². The highest BCUT2D eigenvalue weighted by molar-refractivity contribution is 5.90. The molecule has 2 N–H and O–H groups in total. The predicted molar refractivity (Wildman–Crippen MR) is 81.6 cm³/mol. The first-order chi connectivity index (χ1) is 10.0. The molecule has 0 radical (unpaired) electrons. The summed E-state index contributed by atoms with van der Waals surface area (Å²) in [6, 6.07) is 8.77. The number of carbonyl (C=O) groups is 2. The molecule has 0 saturated carbocycles. The second kappa shape index (κ2) is 6.72. The lowest BCUT2D eigenvalue weighted by atomic mass is 10.1. The Balaban J connectivity index is 2.03. The van der Waals surface area contributed by atoms with Crippen molar-refractivity contribution in [2.24, 2.45) is 5.73 Å². The minimum atomic E-state index is -0.594. The van der Waals surface area contributed by atoms with Crippen molar-refractivity contribution in [1.29, 1.82) is 0 Å². The number of likely N-dealkylation sites (tertiary alicyclic amines) is 1. The molecule has 21 heavy (non-hydrogen) atoms. The lowest BCUT2D eigenvalue weighted by Crippen LogP contribution is -2.51. The zero-order valence-corrected chi connectivity index (χ0v) is 12.7. The van der Waals surface area contributed by atoms with Crippen LogP contribution in [0.2, 0.25) is 0 Å². The van der Waals surface area contributed by atoms with Crippen molar-refractivity contribution in [2.45, 2.75) is 31.3 Å². The Kier molecular flexibility index (Phi) is 4.96. The third kappa shape index (κ3) is 3.61. The smallest absolute Gasteiger partial charge is 0.244 e. The number of likely N-dealkylation sites (N-methyl/N-ethyl adjacent to an activating group) is 1. The van der Waals surface area contributed by atoms with Gasteiger partial charge in [-0.25, -0.2) is 0 Å². The Morgan fingerprint density at radius 2 is 2.00 bits per heavy atom. The summed E-state index contributed by atoms with van der Waals surface area (Å²) in [5, 5.41) is 0. The molecule has 1 saturated heterocycles. The molecule has 2 atom stereocenters. The van der Waals surface area contributed by atoms with Gasteiger partial charge >= 0.3 is 0 Å². The van der Waals surface area contributed by atoms with Crippen molar-refractivity contribution in [2.75, 3.05) is 20.6 Å². The van der Waals surface area contributed by atoms with Crippen LogP contribution in [0.5, 0.6) is 0 Å². The number of carbonyl (C=O) groups excluding carboxylic acids is 2. The Morgan fingerprint density at radius 1 is 1.33 bits per heavy atom. The molecule has 2 rings (SSSR count). The van der Waals surface area contributed by atoms with Crippen LogP contribution in [-0.2, 0) is 16.0 Å². The molecule has 1 aromatic rings. The molecule has 114 valence electrons. The fourth-order valence-corrected chi connectivity index (χ4v) is 2.75. The molecule has 5 heteroatoms. The van der Waals surface area contributed by atoms with Gasteiger partial charge in [-0.2, -0.15) is 0 Å². The fourth-order valence-electron chi connectivity index (χ4n) is 2.75. The Hall–Kier alpha value is -1.88. The lowest BCUT2D eigenvalue weighted by Gasteiger charge is -2.28. The standard InChI is InChI=1S/C16H23N3O2/c1-18(2)16(21)14-9-6-10-19(14)15(20)13(17)11-12-7-4-3-5-8-12/h3-5,7-8,13-14H,6,9-11,17H2,1-2H3. The van der Waals surface area contributed by atoms with Crippen molar-refractivity contribution in [3.63, 3.8) is 0 Å². The van der Waals surface area contributed by atoms with Gasteiger partial charge in [-0.3, -0.25) is 9.59 Å². The van der Waals surface area contributed by atoms with Gasteiger partial charge in [0.05, 0.1) is 6.04 Å². The second-order valence-electron chi connectivity index (χ2n) is 5.72. The van der Waals surface area contributed by atoms with Gasteiger partial charge in [0.15, 0.2) is 0 Å². The number of nitrogens with two attached hydrogens (primary N) is 1. The van der Waals surface area contributed by atoms with Crippen LogP contribution >= 0.6 is 0 Å². The summed E-state index contributed by atoms with van der Waals surface area (Å²) in [5.74, 6) is -0.149. The van der Waals surface area contributed by atoms with E-state index in [9.17, 15) is 9.59 Å². The maximum atomic E-state index is 12.5. The van der Waals surface area contributed by atoms with Gasteiger partial charge in [-0.1, -0.05) is 30.3 Å². The molecular weight excluding hydrogens is 266 g/mol. The van der Waals surface area contributed by atoms with E-state index in [1.54, 1.807) is 23.9 Å². The SMILES string of the molecule is CN(C)C(=O)C1CCCN1C(=O)C(N)Cc1ccccc1. The van der Waals surface area contributed by atoms with Gasteiger partial charge in [0.2, 0.25) is 11.8 Å². The summed E-state index contributed by atoms with van der Waals surface area (Å²) < 4.78 is 0. The average molecular weight is 289 g/mol. The van der Waals surface area contributed by atoms with E-state index in [4.69, 9.17) is 5.73 Å². The van der Waals surface area contributed by atoms with Gasteiger partial charge < -0.3 is 15.5 Å².